The predicted molar refractivity (Wildman–Crippen MR) is 57.0 cm³/mol. The first-order valence-electron chi connectivity index (χ1n) is 4.97. The van der Waals surface area contributed by atoms with Crippen molar-refractivity contribution in [2.24, 2.45) is 5.92 Å². The van der Waals surface area contributed by atoms with E-state index in [2.05, 4.69) is 5.32 Å². The van der Waals surface area contributed by atoms with Crippen molar-refractivity contribution in [3.05, 3.63) is 0 Å². The maximum absolute atomic E-state index is 11.2. The molecule has 13 heavy (non-hydrogen) atoms. The van der Waals surface area contributed by atoms with E-state index in [4.69, 9.17) is 11.6 Å². The van der Waals surface area contributed by atoms with Crippen LogP contribution < -0.4 is 5.32 Å². The Hall–Kier alpha value is -0.240. The van der Waals surface area contributed by atoms with Crippen LogP contribution >= 0.6 is 11.6 Å². The van der Waals surface area contributed by atoms with Crippen molar-refractivity contribution >= 4 is 17.5 Å². The Bertz CT molecular complexity index is 148. The van der Waals surface area contributed by atoms with Gasteiger partial charge in [-0.05, 0) is 18.8 Å². The number of amides is 1. The smallest absolute Gasteiger partial charge is 0.220 e. The van der Waals surface area contributed by atoms with Crippen LogP contribution in [0.3, 0.4) is 0 Å². The molecule has 0 heterocycles. The highest BCUT2D eigenvalue weighted by molar-refractivity contribution is 6.20. The van der Waals surface area contributed by atoms with Gasteiger partial charge in [-0.25, -0.2) is 0 Å². The van der Waals surface area contributed by atoms with E-state index in [9.17, 15) is 4.79 Å². The lowest BCUT2D eigenvalue weighted by atomic mass is 10.1. The maximum atomic E-state index is 11.2. The molecule has 0 aliphatic rings. The van der Waals surface area contributed by atoms with Crippen molar-refractivity contribution in [1.82, 2.24) is 5.32 Å². The molecule has 1 unspecified atom stereocenters. The molecule has 1 N–H and O–H groups in total. The molecule has 0 aromatic carbocycles. The number of rotatable bonds is 6. The molecule has 0 radical (unpaired) electrons. The summed E-state index contributed by atoms with van der Waals surface area (Å²) in [5.41, 5.74) is 0. The molecule has 0 bridgehead atoms. The number of halogens is 1. The third-order valence-corrected chi connectivity index (χ3v) is 2.34. The monoisotopic (exact) mass is 205 g/mol. The van der Waals surface area contributed by atoms with Crippen LogP contribution in [-0.4, -0.2) is 17.8 Å². The maximum Gasteiger partial charge on any atom is 0.220 e. The third kappa shape index (κ3) is 8.10. The average molecular weight is 206 g/mol. The summed E-state index contributed by atoms with van der Waals surface area (Å²) in [6.07, 6.45) is 2.43. The number of carbonyl (C=O) groups excluding carboxylic acids is 1. The largest absolute Gasteiger partial charge is 0.356 e. The zero-order valence-corrected chi connectivity index (χ0v) is 9.53. The molecule has 1 atom stereocenters. The van der Waals surface area contributed by atoms with Gasteiger partial charge in [0.05, 0.1) is 0 Å². The van der Waals surface area contributed by atoms with Crippen LogP contribution in [0.5, 0.6) is 0 Å². The van der Waals surface area contributed by atoms with Gasteiger partial charge < -0.3 is 5.32 Å². The second-order valence-electron chi connectivity index (χ2n) is 3.74. The van der Waals surface area contributed by atoms with Gasteiger partial charge in [0.2, 0.25) is 5.91 Å². The first kappa shape index (κ1) is 12.8. The highest BCUT2D eigenvalue weighted by Gasteiger charge is 2.05. The number of carbonyl (C=O) groups is 1. The Morgan fingerprint density at radius 3 is 2.54 bits per heavy atom. The highest BCUT2D eigenvalue weighted by Crippen LogP contribution is 2.05. The SMILES string of the molecule is CCC(Cl)CCNC(=O)CC(C)C. The van der Waals surface area contributed by atoms with E-state index in [0.717, 1.165) is 12.8 Å². The van der Waals surface area contributed by atoms with Crippen LogP contribution in [-0.2, 0) is 4.79 Å². The average Bonchev–Trinajstić information content (AvgIpc) is 2.02. The van der Waals surface area contributed by atoms with Crippen molar-refractivity contribution < 1.29 is 4.79 Å². The van der Waals surface area contributed by atoms with Crippen molar-refractivity contribution in [2.45, 2.75) is 45.4 Å². The molecule has 0 aliphatic heterocycles. The Morgan fingerprint density at radius 2 is 2.08 bits per heavy atom. The van der Waals surface area contributed by atoms with Gasteiger partial charge in [0.1, 0.15) is 0 Å². The van der Waals surface area contributed by atoms with E-state index in [1.807, 2.05) is 20.8 Å². The minimum absolute atomic E-state index is 0.134. The van der Waals surface area contributed by atoms with Gasteiger partial charge in [0.15, 0.2) is 0 Å². The molecule has 0 aliphatic carbocycles. The van der Waals surface area contributed by atoms with Gasteiger partial charge in [-0.1, -0.05) is 20.8 Å². The van der Waals surface area contributed by atoms with Crippen molar-refractivity contribution in [2.75, 3.05) is 6.54 Å². The molecular weight excluding hydrogens is 186 g/mol. The van der Waals surface area contributed by atoms with E-state index < -0.39 is 0 Å². The summed E-state index contributed by atoms with van der Waals surface area (Å²) in [5.74, 6) is 0.563. The fraction of sp³-hybridized carbons (Fsp3) is 0.900. The standard InChI is InChI=1S/C10H20ClNO/c1-4-9(11)5-6-12-10(13)7-8(2)3/h8-9H,4-7H2,1-3H3,(H,12,13). The lowest BCUT2D eigenvalue weighted by Gasteiger charge is -2.08. The molecule has 78 valence electrons. The Balaban J connectivity index is 3.37. The highest BCUT2D eigenvalue weighted by atomic mass is 35.5. The zero-order chi connectivity index (χ0) is 10.3. The van der Waals surface area contributed by atoms with Crippen LogP contribution in [0.2, 0.25) is 0 Å². The van der Waals surface area contributed by atoms with Gasteiger partial charge in [-0.3, -0.25) is 4.79 Å². The number of alkyl halides is 1. The molecule has 0 aromatic rings. The quantitative estimate of drug-likeness (QED) is 0.664. The topological polar surface area (TPSA) is 29.1 Å². The Kier molecular flexibility index (Phi) is 7.06. The minimum atomic E-state index is 0.134. The summed E-state index contributed by atoms with van der Waals surface area (Å²) in [6, 6.07) is 0. The van der Waals surface area contributed by atoms with Gasteiger partial charge in [-0.15, -0.1) is 11.6 Å². The van der Waals surface area contributed by atoms with Crippen molar-refractivity contribution in [1.29, 1.82) is 0 Å². The Labute approximate surface area is 86.0 Å². The molecule has 1 amide bonds. The summed E-state index contributed by atoms with van der Waals surface area (Å²) < 4.78 is 0. The van der Waals surface area contributed by atoms with E-state index in [0.29, 0.717) is 18.9 Å². The third-order valence-electron chi connectivity index (χ3n) is 1.82. The summed E-state index contributed by atoms with van der Waals surface area (Å²) in [6.45, 7) is 6.83. The lowest BCUT2D eigenvalue weighted by Crippen LogP contribution is -2.26. The summed E-state index contributed by atoms with van der Waals surface area (Å²) in [4.78, 5) is 11.2. The predicted octanol–water partition coefficient (Wildman–Crippen LogP) is 2.56. The fourth-order valence-corrected chi connectivity index (χ4v) is 1.12. The first-order chi connectivity index (χ1) is 6.06. The molecule has 0 spiro atoms. The zero-order valence-electron chi connectivity index (χ0n) is 8.77. The van der Waals surface area contributed by atoms with Crippen LogP contribution in [0.25, 0.3) is 0 Å². The van der Waals surface area contributed by atoms with Crippen LogP contribution in [0, 0.1) is 5.92 Å². The molecule has 3 heteroatoms. The molecular formula is C10H20ClNO. The minimum Gasteiger partial charge on any atom is -0.356 e. The number of hydrogen-bond donors (Lipinski definition) is 1. The normalized spacial score (nSPS) is 13.0. The lowest BCUT2D eigenvalue weighted by molar-refractivity contribution is -0.121. The van der Waals surface area contributed by atoms with E-state index in [1.165, 1.54) is 0 Å². The molecule has 0 fully saturated rings. The molecule has 0 rings (SSSR count). The molecule has 0 aromatic heterocycles. The van der Waals surface area contributed by atoms with Gasteiger partial charge in [0.25, 0.3) is 0 Å². The number of hydrogen-bond acceptors (Lipinski definition) is 1. The molecule has 2 nitrogen and oxygen atoms in total. The summed E-state index contributed by atoms with van der Waals surface area (Å²) >= 11 is 5.90. The molecule has 0 saturated heterocycles. The molecule has 0 saturated carbocycles. The van der Waals surface area contributed by atoms with Crippen LogP contribution in [0.1, 0.15) is 40.0 Å². The summed E-state index contributed by atoms with van der Waals surface area (Å²) in [7, 11) is 0. The van der Waals surface area contributed by atoms with Crippen LogP contribution in [0.15, 0.2) is 0 Å². The van der Waals surface area contributed by atoms with E-state index >= 15 is 0 Å². The second kappa shape index (κ2) is 7.19. The summed E-state index contributed by atoms with van der Waals surface area (Å²) in [5, 5.41) is 3.05. The number of nitrogens with one attached hydrogen (secondary N) is 1. The van der Waals surface area contributed by atoms with Gasteiger partial charge >= 0.3 is 0 Å². The van der Waals surface area contributed by atoms with E-state index in [1.54, 1.807) is 0 Å². The fourth-order valence-electron chi connectivity index (χ4n) is 1.02. The Morgan fingerprint density at radius 1 is 1.46 bits per heavy atom. The van der Waals surface area contributed by atoms with Crippen molar-refractivity contribution in [3.63, 3.8) is 0 Å². The first-order valence-corrected chi connectivity index (χ1v) is 5.40. The van der Waals surface area contributed by atoms with E-state index in [-0.39, 0.29) is 11.3 Å². The van der Waals surface area contributed by atoms with Gasteiger partial charge in [0, 0.05) is 18.3 Å². The second-order valence-corrected chi connectivity index (χ2v) is 4.36. The van der Waals surface area contributed by atoms with Crippen molar-refractivity contribution in [3.8, 4) is 0 Å². The van der Waals surface area contributed by atoms with Gasteiger partial charge in [-0.2, -0.15) is 0 Å². The van der Waals surface area contributed by atoms with Crippen LogP contribution in [0.4, 0.5) is 0 Å².